The number of ether oxygens (including phenoxy) is 1. The molecule has 0 unspecified atom stereocenters. The molecular formula is C21H27N5O2S. The van der Waals surface area contributed by atoms with E-state index in [1.54, 1.807) is 20.9 Å². The van der Waals surface area contributed by atoms with Crippen molar-refractivity contribution >= 4 is 32.6 Å². The number of hydrogen-bond donors (Lipinski definition) is 0. The van der Waals surface area contributed by atoms with Crippen LogP contribution in [0.4, 0.5) is 5.13 Å². The molecule has 0 atom stereocenters. The summed E-state index contributed by atoms with van der Waals surface area (Å²) in [6.45, 7) is 10.7. The first-order chi connectivity index (χ1) is 13.9. The van der Waals surface area contributed by atoms with Crippen LogP contribution in [-0.2, 0) is 11.8 Å². The highest BCUT2D eigenvalue weighted by molar-refractivity contribution is 7.22. The Hall–Kier alpha value is -2.29. The fraction of sp³-hybridized carbons (Fsp3) is 0.476. The van der Waals surface area contributed by atoms with Gasteiger partial charge in [0, 0.05) is 45.0 Å². The lowest BCUT2D eigenvalue weighted by Crippen LogP contribution is -2.43. The van der Waals surface area contributed by atoms with Gasteiger partial charge in [-0.2, -0.15) is 5.10 Å². The number of carbonyl (C=O) groups is 1. The molecule has 0 spiro atoms. The Bertz CT molecular complexity index is 996. The summed E-state index contributed by atoms with van der Waals surface area (Å²) in [7, 11) is 1.84. The summed E-state index contributed by atoms with van der Waals surface area (Å²) in [5, 5.41) is 5.13. The molecule has 1 aliphatic heterocycles. The van der Waals surface area contributed by atoms with E-state index in [2.05, 4.69) is 36.0 Å². The van der Waals surface area contributed by atoms with Crippen LogP contribution in [0.2, 0.25) is 0 Å². The molecule has 29 heavy (non-hydrogen) atoms. The second-order valence-electron chi connectivity index (χ2n) is 7.65. The summed E-state index contributed by atoms with van der Waals surface area (Å²) in [5.74, 6) is -0.0936. The summed E-state index contributed by atoms with van der Waals surface area (Å²) >= 11 is 1.57. The third-order valence-corrected chi connectivity index (χ3v) is 6.47. The highest BCUT2D eigenvalue weighted by Crippen LogP contribution is 2.31. The average molecular weight is 414 g/mol. The van der Waals surface area contributed by atoms with Crippen LogP contribution in [0.5, 0.6) is 0 Å². The van der Waals surface area contributed by atoms with Crippen LogP contribution in [0.25, 0.3) is 10.2 Å². The van der Waals surface area contributed by atoms with E-state index in [4.69, 9.17) is 9.72 Å². The largest absolute Gasteiger partial charge is 0.379 e. The molecule has 0 aliphatic carbocycles. The molecular weight excluding hydrogens is 386 g/mol. The molecule has 0 N–H and O–H groups in total. The summed E-state index contributed by atoms with van der Waals surface area (Å²) < 4.78 is 8.23. The number of amides is 1. The Labute approximate surface area is 174 Å². The summed E-state index contributed by atoms with van der Waals surface area (Å²) in [5.41, 5.74) is 4.75. The Morgan fingerprint density at radius 3 is 2.59 bits per heavy atom. The van der Waals surface area contributed by atoms with Gasteiger partial charge >= 0.3 is 0 Å². The number of carbonyl (C=O) groups excluding carboxylic acids is 1. The lowest BCUT2D eigenvalue weighted by Gasteiger charge is -2.29. The minimum atomic E-state index is -0.0936. The summed E-state index contributed by atoms with van der Waals surface area (Å²) in [6.07, 6.45) is 1.87. The number of hydrogen-bond acceptors (Lipinski definition) is 6. The van der Waals surface area contributed by atoms with E-state index >= 15 is 0 Å². The van der Waals surface area contributed by atoms with E-state index in [0.717, 1.165) is 53.8 Å². The smallest absolute Gasteiger partial charge is 0.280 e. The zero-order valence-electron chi connectivity index (χ0n) is 17.4. The molecule has 3 heterocycles. The summed E-state index contributed by atoms with van der Waals surface area (Å²) in [4.78, 5) is 22.4. The third kappa shape index (κ3) is 4.19. The molecule has 8 heteroatoms. The van der Waals surface area contributed by atoms with Crippen molar-refractivity contribution < 1.29 is 9.53 Å². The minimum Gasteiger partial charge on any atom is -0.379 e. The normalized spacial score (nSPS) is 15.2. The molecule has 1 aliphatic rings. The zero-order valence-corrected chi connectivity index (χ0v) is 18.3. The first-order valence-electron chi connectivity index (χ1n) is 9.92. The van der Waals surface area contributed by atoms with E-state index in [9.17, 15) is 4.79 Å². The lowest BCUT2D eigenvalue weighted by atomic mass is 10.1. The van der Waals surface area contributed by atoms with Crippen LogP contribution < -0.4 is 4.90 Å². The fourth-order valence-electron chi connectivity index (χ4n) is 3.58. The van der Waals surface area contributed by atoms with Crippen LogP contribution in [0.3, 0.4) is 0 Å². The maximum atomic E-state index is 13.4. The van der Waals surface area contributed by atoms with Gasteiger partial charge in [-0.3, -0.25) is 19.3 Å². The molecule has 1 amide bonds. The zero-order chi connectivity index (χ0) is 20.5. The topological polar surface area (TPSA) is 63.5 Å². The molecule has 2 aromatic heterocycles. The van der Waals surface area contributed by atoms with Gasteiger partial charge < -0.3 is 4.74 Å². The third-order valence-electron chi connectivity index (χ3n) is 5.43. The van der Waals surface area contributed by atoms with Crippen molar-refractivity contribution in [1.29, 1.82) is 0 Å². The maximum Gasteiger partial charge on any atom is 0.280 e. The van der Waals surface area contributed by atoms with Gasteiger partial charge in [-0.15, -0.1) is 0 Å². The van der Waals surface area contributed by atoms with Crippen LogP contribution >= 0.6 is 11.3 Å². The number of benzene rings is 1. The number of morpholine rings is 1. The predicted molar refractivity (Wildman–Crippen MR) is 116 cm³/mol. The van der Waals surface area contributed by atoms with E-state index < -0.39 is 0 Å². The van der Waals surface area contributed by atoms with Crippen molar-refractivity contribution in [3.05, 3.63) is 40.7 Å². The second kappa shape index (κ2) is 8.22. The van der Waals surface area contributed by atoms with Crippen molar-refractivity contribution in [2.75, 3.05) is 44.3 Å². The number of nitrogens with zero attached hydrogens (tertiary/aromatic N) is 5. The van der Waals surface area contributed by atoms with Crippen LogP contribution in [-0.4, -0.2) is 65.0 Å². The number of aryl methyl sites for hydroxylation is 4. The number of rotatable bonds is 5. The maximum absolute atomic E-state index is 13.4. The number of anilines is 1. The van der Waals surface area contributed by atoms with Gasteiger partial charge in [0.25, 0.3) is 5.91 Å². The van der Waals surface area contributed by atoms with E-state index in [1.807, 2.05) is 20.2 Å². The molecule has 0 radical (unpaired) electrons. The van der Waals surface area contributed by atoms with Crippen molar-refractivity contribution in [3.8, 4) is 0 Å². The minimum absolute atomic E-state index is 0.0936. The Morgan fingerprint density at radius 2 is 1.90 bits per heavy atom. The van der Waals surface area contributed by atoms with Crippen molar-refractivity contribution in [2.45, 2.75) is 20.8 Å². The molecule has 1 aromatic carbocycles. The Balaban J connectivity index is 1.67. The number of fused-ring (bicyclic) bond motifs is 1. The second-order valence-corrected chi connectivity index (χ2v) is 8.65. The highest BCUT2D eigenvalue weighted by Gasteiger charge is 2.26. The Kier molecular flexibility index (Phi) is 5.67. The molecule has 0 saturated carbocycles. The molecule has 0 bridgehead atoms. The molecule has 3 aromatic rings. The standard InChI is InChI=1S/C21H27N5O2S/c1-14-11-17-18(12-15(14)2)29-21(22-17)26(6-5-25-7-9-28-10-8-25)20(27)19-16(3)13-24(4)23-19/h11-13H,5-10H2,1-4H3. The van der Waals surface area contributed by atoms with Gasteiger partial charge in [0.05, 0.1) is 23.4 Å². The number of aromatic nitrogens is 3. The molecule has 1 saturated heterocycles. The van der Waals surface area contributed by atoms with Gasteiger partial charge in [-0.25, -0.2) is 4.98 Å². The SMILES string of the molecule is Cc1cc2nc(N(CCN3CCOCC3)C(=O)c3nn(C)cc3C)sc2cc1C. The quantitative estimate of drug-likeness (QED) is 0.644. The van der Waals surface area contributed by atoms with E-state index in [1.165, 1.54) is 11.1 Å². The average Bonchev–Trinajstić information content (AvgIpc) is 3.25. The van der Waals surface area contributed by atoms with Crippen molar-refractivity contribution in [3.63, 3.8) is 0 Å². The molecule has 154 valence electrons. The van der Waals surface area contributed by atoms with Crippen LogP contribution in [0.1, 0.15) is 27.2 Å². The van der Waals surface area contributed by atoms with Gasteiger partial charge in [0.1, 0.15) is 0 Å². The van der Waals surface area contributed by atoms with Crippen molar-refractivity contribution in [2.24, 2.45) is 7.05 Å². The van der Waals surface area contributed by atoms with E-state index in [0.29, 0.717) is 12.2 Å². The monoisotopic (exact) mass is 413 g/mol. The van der Waals surface area contributed by atoms with Crippen LogP contribution in [0, 0.1) is 20.8 Å². The first-order valence-corrected chi connectivity index (χ1v) is 10.7. The lowest BCUT2D eigenvalue weighted by molar-refractivity contribution is 0.0391. The highest BCUT2D eigenvalue weighted by atomic mass is 32.1. The fourth-order valence-corrected chi connectivity index (χ4v) is 4.65. The molecule has 4 rings (SSSR count). The summed E-state index contributed by atoms with van der Waals surface area (Å²) in [6, 6.07) is 4.25. The van der Waals surface area contributed by atoms with Gasteiger partial charge in [0.2, 0.25) is 0 Å². The Morgan fingerprint density at radius 1 is 1.17 bits per heavy atom. The van der Waals surface area contributed by atoms with Gasteiger partial charge in [-0.05, 0) is 44.0 Å². The predicted octanol–water partition coefficient (Wildman–Crippen LogP) is 2.93. The van der Waals surface area contributed by atoms with Crippen molar-refractivity contribution in [1.82, 2.24) is 19.7 Å². The first kappa shape index (κ1) is 20.0. The molecule has 7 nitrogen and oxygen atoms in total. The number of thiazole rings is 1. The van der Waals surface area contributed by atoms with Gasteiger partial charge in [-0.1, -0.05) is 11.3 Å². The van der Waals surface area contributed by atoms with E-state index in [-0.39, 0.29) is 5.91 Å². The molecule has 1 fully saturated rings. The van der Waals surface area contributed by atoms with Crippen LogP contribution in [0.15, 0.2) is 18.3 Å². The van der Waals surface area contributed by atoms with Gasteiger partial charge in [0.15, 0.2) is 10.8 Å².